The molecule has 0 spiro atoms. The van der Waals surface area contributed by atoms with Crippen molar-refractivity contribution in [1.29, 1.82) is 0 Å². The number of phenols is 2. The van der Waals surface area contributed by atoms with Gasteiger partial charge in [-0.25, -0.2) is 0 Å². The standard InChI is InChI=1S/C12H11NO2/c13-9-6-4-8(5-7-9)10-2-1-3-11(14)12(10)15/h1-7,14-15H,13H2. The second kappa shape index (κ2) is 3.53. The van der Waals surface area contributed by atoms with E-state index in [1.807, 2.05) is 0 Å². The lowest BCUT2D eigenvalue weighted by molar-refractivity contribution is 0.405. The van der Waals surface area contributed by atoms with Crippen molar-refractivity contribution in [2.45, 2.75) is 0 Å². The number of para-hydroxylation sites is 1. The van der Waals surface area contributed by atoms with E-state index in [1.165, 1.54) is 6.07 Å². The minimum absolute atomic E-state index is 0.109. The number of rotatable bonds is 1. The van der Waals surface area contributed by atoms with Gasteiger partial charge in [-0.1, -0.05) is 24.3 Å². The third-order valence-electron chi connectivity index (χ3n) is 2.24. The maximum absolute atomic E-state index is 9.64. The van der Waals surface area contributed by atoms with Crippen LogP contribution in [0.4, 0.5) is 5.69 Å². The van der Waals surface area contributed by atoms with Gasteiger partial charge in [0.2, 0.25) is 0 Å². The molecule has 15 heavy (non-hydrogen) atoms. The average molecular weight is 201 g/mol. The fourth-order valence-corrected chi connectivity index (χ4v) is 1.43. The fraction of sp³-hybridized carbons (Fsp3) is 0. The van der Waals surface area contributed by atoms with Gasteiger partial charge in [-0.2, -0.15) is 0 Å². The van der Waals surface area contributed by atoms with Crippen molar-refractivity contribution in [3.8, 4) is 22.6 Å². The van der Waals surface area contributed by atoms with Gasteiger partial charge in [0.15, 0.2) is 11.5 Å². The topological polar surface area (TPSA) is 66.5 Å². The van der Waals surface area contributed by atoms with E-state index in [2.05, 4.69) is 0 Å². The lowest BCUT2D eigenvalue weighted by Gasteiger charge is -2.06. The molecule has 0 unspecified atom stereocenters. The van der Waals surface area contributed by atoms with Crippen LogP contribution in [0.25, 0.3) is 11.1 Å². The molecule has 0 saturated heterocycles. The molecule has 0 atom stereocenters. The Labute approximate surface area is 87.4 Å². The molecule has 0 heterocycles. The average Bonchev–Trinajstić information content (AvgIpc) is 2.24. The first-order valence-corrected chi connectivity index (χ1v) is 4.55. The molecule has 2 aromatic carbocycles. The molecule has 3 nitrogen and oxygen atoms in total. The Hall–Kier alpha value is -2.16. The smallest absolute Gasteiger partial charge is 0.165 e. The molecule has 2 aromatic rings. The Morgan fingerprint density at radius 3 is 2.20 bits per heavy atom. The van der Waals surface area contributed by atoms with Crippen LogP contribution in [0.5, 0.6) is 11.5 Å². The van der Waals surface area contributed by atoms with Gasteiger partial charge in [0, 0.05) is 11.3 Å². The predicted octanol–water partition coefficient (Wildman–Crippen LogP) is 2.35. The lowest BCUT2D eigenvalue weighted by Crippen LogP contribution is -1.84. The number of benzene rings is 2. The van der Waals surface area contributed by atoms with E-state index >= 15 is 0 Å². The molecule has 2 rings (SSSR count). The zero-order valence-electron chi connectivity index (χ0n) is 8.01. The number of nitrogen functional groups attached to an aromatic ring is 1. The molecule has 76 valence electrons. The van der Waals surface area contributed by atoms with Crippen LogP contribution in [-0.4, -0.2) is 10.2 Å². The summed E-state index contributed by atoms with van der Waals surface area (Å²) in [5.41, 5.74) is 7.64. The summed E-state index contributed by atoms with van der Waals surface area (Å²) in [6.45, 7) is 0. The zero-order chi connectivity index (χ0) is 10.8. The van der Waals surface area contributed by atoms with Crippen LogP contribution < -0.4 is 5.73 Å². The monoisotopic (exact) mass is 201 g/mol. The van der Waals surface area contributed by atoms with Crippen molar-refractivity contribution < 1.29 is 10.2 Å². The molecule has 0 bridgehead atoms. The summed E-state index contributed by atoms with van der Waals surface area (Å²) in [5.74, 6) is -0.230. The molecular weight excluding hydrogens is 190 g/mol. The van der Waals surface area contributed by atoms with E-state index in [-0.39, 0.29) is 11.5 Å². The lowest BCUT2D eigenvalue weighted by atomic mass is 10.0. The second-order valence-corrected chi connectivity index (χ2v) is 3.30. The van der Waals surface area contributed by atoms with Crippen LogP contribution in [0.2, 0.25) is 0 Å². The molecule has 0 aromatic heterocycles. The van der Waals surface area contributed by atoms with Crippen molar-refractivity contribution in [3.05, 3.63) is 42.5 Å². The minimum atomic E-state index is -0.121. The Balaban J connectivity index is 2.54. The molecule has 3 heteroatoms. The third-order valence-corrected chi connectivity index (χ3v) is 2.24. The van der Waals surface area contributed by atoms with Crippen LogP contribution in [0.3, 0.4) is 0 Å². The number of hydrogen-bond donors (Lipinski definition) is 3. The molecule has 0 aliphatic heterocycles. The fourth-order valence-electron chi connectivity index (χ4n) is 1.43. The quantitative estimate of drug-likeness (QED) is 0.490. The number of anilines is 1. The predicted molar refractivity (Wildman–Crippen MR) is 59.6 cm³/mol. The summed E-state index contributed by atoms with van der Waals surface area (Å²) in [5, 5.41) is 19.0. The summed E-state index contributed by atoms with van der Waals surface area (Å²) in [6.07, 6.45) is 0. The largest absolute Gasteiger partial charge is 0.504 e. The highest BCUT2D eigenvalue weighted by Gasteiger charge is 2.07. The molecule has 0 saturated carbocycles. The van der Waals surface area contributed by atoms with Gasteiger partial charge < -0.3 is 15.9 Å². The summed E-state index contributed by atoms with van der Waals surface area (Å²) < 4.78 is 0. The second-order valence-electron chi connectivity index (χ2n) is 3.30. The highest BCUT2D eigenvalue weighted by molar-refractivity contribution is 5.73. The van der Waals surface area contributed by atoms with E-state index in [0.29, 0.717) is 11.3 Å². The molecule has 0 radical (unpaired) electrons. The van der Waals surface area contributed by atoms with Gasteiger partial charge in [0.05, 0.1) is 0 Å². The van der Waals surface area contributed by atoms with Crippen LogP contribution in [0.15, 0.2) is 42.5 Å². The Morgan fingerprint density at radius 1 is 0.867 bits per heavy atom. The summed E-state index contributed by atoms with van der Waals surface area (Å²) in [6, 6.07) is 11.9. The van der Waals surface area contributed by atoms with Crippen LogP contribution >= 0.6 is 0 Å². The van der Waals surface area contributed by atoms with Gasteiger partial charge >= 0.3 is 0 Å². The Morgan fingerprint density at radius 2 is 1.53 bits per heavy atom. The number of hydrogen-bond acceptors (Lipinski definition) is 3. The first-order valence-electron chi connectivity index (χ1n) is 4.55. The molecular formula is C12H11NO2. The summed E-state index contributed by atoms with van der Waals surface area (Å²) >= 11 is 0. The molecule has 0 aliphatic carbocycles. The summed E-state index contributed by atoms with van der Waals surface area (Å²) in [4.78, 5) is 0. The first-order chi connectivity index (χ1) is 7.18. The van der Waals surface area contributed by atoms with Gasteiger partial charge in [0.25, 0.3) is 0 Å². The van der Waals surface area contributed by atoms with Crippen molar-refractivity contribution in [3.63, 3.8) is 0 Å². The number of phenolic OH excluding ortho intramolecular Hbond substituents is 2. The molecule has 0 aliphatic rings. The number of aromatic hydroxyl groups is 2. The summed E-state index contributed by atoms with van der Waals surface area (Å²) in [7, 11) is 0. The van der Waals surface area contributed by atoms with Crippen molar-refractivity contribution >= 4 is 5.69 Å². The van der Waals surface area contributed by atoms with E-state index in [9.17, 15) is 10.2 Å². The van der Waals surface area contributed by atoms with Crippen molar-refractivity contribution in [2.24, 2.45) is 0 Å². The SMILES string of the molecule is Nc1ccc(-c2cccc(O)c2O)cc1. The highest BCUT2D eigenvalue weighted by Crippen LogP contribution is 2.35. The Bertz CT molecular complexity index is 477. The molecule has 0 fully saturated rings. The normalized spacial score (nSPS) is 10.1. The van der Waals surface area contributed by atoms with E-state index in [0.717, 1.165) is 5.56 Å². The minimum Gasteiger partial charge on any atom is -0.504 e. The first kappa shape index (κ1) is 9.40. The van der Waals surface area contributed by atoms with Gasteiger partial charge in [-0.3, -0.25) is 0 Å². The van der Waals surface area contributed by atoms with Gasteiger partial charge in [0.1, 0.15) is 0 Å². The molecule has 0 amide bonds. The van der Waals surface area contributed by atoms with Crippen molar-refractivity contribution in [2.75, 3.05) is 5.73 Å². The van der Waals surface area contributed by atoms with E-state index in [4.69, 9.17) is 5.73 Å². The van der Waals surface area contributed by atoms with Crippen LogP contribution in [0.1, 0.15) is 0 Å². The molecule has 4 N–H and O–H groups in total. The highest BCUT2D eigenvalue weighted by atomic mass is 16.3. The van der Waals surface area contributed by atoms with Crippen LogP contribution in [0, 0.1) is 0 Å². The third kappa shape index (κ3) is 1.72. The Kier molecular flexibility index (Phi) is 2.21. The van der Waals surface area contributed by atoms with Crippen LogP contribution in [-0.2, 0) is 0 Å². The van der Waals surface area contributed by atoms with Crippen molar-refractivity contribution in [1.82, 2.24) is 0 Å². The number of nitrogens with two attached hydrogens (primary N) is 1. The zero-order valence-corrected chi connectivity index (χ0v) is 8.01. The van der Waals surface area contributed by atoms with E-state index < -0.39 is 0 Å². The van der Waals surface area contributed by atoms with Gasteiger partial charge in [-0.15, -0.1) is 0 Å². The van der Waals surface area contributed by atoms with Gasteiger partial charge in [-0.05, 0) is 23.8 Å². The maximum atomic E-state index is 9.64. The maximum Gasteiger partial charge on any atom is 0.165 e. The van der Waals surface area contributed by atoms with E-state index in [1.54, 1.807) is 36.4 Å².